The monoisotopic (exact) mass is 247 g/mol. The van der Waals surface area contributed by atoms with Gasteiger partial charge in [-0.15, -0.1) is 0 Å². The van der Waals surface area contributed by atoms with Crippen LogP contribution in [0.3, 0.4) is 0 Å². The molecule has 90 valence electrons. The Balaban J connectivity index is 2.82. The van der Waals surface area contributed by atoms with Crippen molar-refractivity contribution in [1.82, 2.24) is 0 Å². The van der Waals surface area contributed by atoms with E-state index < -0.39 is 21.7 Å². The molecule has 1 atom stereocenters. The highest BCUT2D eigenvalue weighted by Crippen LogP contribution is 2.12. The Kier molecular flexibility index (Phi) is 4.40. The van der Waals surface area contributed by atoms with Gasteiger partial charge in [0.25, 0.3) is 0 Å². The highest BCUT2D eigenvalue weighted by Gasteiger charge is 2.18. The van der Waals surface area contributed by atoms with Crippen LogP contribution in [0.4, 0.5) is 4.39 Å². The Morgan fingerprint density at radius 3 is 2.44 bits per heavy atom. The fourth-order valence-electron chi connectivity index (χ4n) is 1.28. The smallest absolute Gasteiger partial charge is 0.179 e. The molecule has 2 N–H and O–H groups in total. The van der Waals surface area contributed by atoms with E-state index in [0.717, 1.165) is 12.1 Å². The number of ether oxygens (including phenoxy) is 1. The van der Waals surface area contributed by atoms with Gasteiger partial charge in [-0.05, 0) is 24.3 Å². The molecule has 0 aliphatic heterocycles. The van der Waals surface area contributed by atoms with Crippen LogP contribution in [-0.2, 0) is 14.6 Å². The first-order valence-electron chi connectivity index (χ1n) is 4.68. The van der Waals surface area contributed by atoms with Crippen molar-refractivity contribution in [2.24, 2.45) is 5.73 Å². The topological polar surface area (TPSA) is 69.4 Å². The second-order valence-corrected chi connectivity index (χ2v) is 5.48. The number of methoxy groups -OCH3 is 1. The van der Waals surface area contributed by atoms with Gasteiger partial charge in [-0.1, -0.05) is 0 Å². The van der Waals surface area contributed by atoms with Gasteiger partial charge in [-0.25, -0.2) is 12.8 Å². The molecule has 1 aromatic carbocycles. The van der Waals surface area contributed by atoms with Crippen molar-refractivity contribution in [3.05, 3.63) is 30.1 Å². The first-order chi connectivity index (χ1) is 7.45. The maximum Gasteiger partial charge on any atom is 0.179 e. The van der Waals surface area contributed by atoms with Gasteiger partial charge in [0.05, 0.1) is 17.3 Å². The number of halogens is 1. The highest BCUT2D eigenvalue weighted by molar-refractivity contribution is 7.91. The van der Waals surface area contributed by atoms with Gasteiger partial charge < -0.3 is 10.5 Å². The molecule has 0 aromatic heterocycles. The number of hydrogen-bond acceptors (Lipinski definition) is 4. The Morgan fingerprint density at radius 2 is 1.94 bits per heavy atom. The lowest BCUT2D eigenvalue weighted by Gasteiger charge is -2.10. The lowest BCUT2D eigenvalue weighted by Crippen LogP contribution is -2.33. The second kappa shape index (κ2) is 5.38. The van der Waals surface area contributed by atoms with E-state index in [2.05, 4.69) is 0 Å². The molecule has 0 radical (unpaired) electrons. The maximum atomic E-state index is 12.6. The number of hydrogen-bond donors (Lipinski definition) is 1. The predicted octanol–water partition coefficient (Wildman–Crippen LogP) is 0.573. The summed E-state index contributed by atoms with van der Waals surface area (Å²) in [5.74, 6) is -0.688. The normalized spacial score (nSPS) is 13.7. The molecule has 4 nitrogen and oxygen atoms in total. The first-order valence-corrected chi connectivity index (χ1v) is 6.34. The van der Waals surface area contributed by atoms with Crippen LogP contribution in [-0.4, -0.2) is 33.9 Å². The van der Waals surface area contributed by atoms with E-state index in [-0.39, 0.29) is 17.3 Å². The van der Waals surface area contributed by atoms with Crippen LogP contribution in [0.2, 0.25) is 0 Å². The molecule has 1 unspecified atom stereocenters. The SMILES string of the molecule is COCC(N)CS(=O)(=O)c1ccc(F)cc1. The molecular formula is C10H14FNO3S. The van der Waals surface area contributed by atoms with E-state index in [1.54, 1.807) is 0 Å². The third-order valence-corrected chi connectivity index (χ3v) is 3.84. The molecule has 0 heterocycles. The molecule has 0 saturated heterocycles. The van der Waals surface area contributed by atoms with E-state index in [9.17, 15) is 12.8 Å². The van der Waals surface area contributed by atoms with Crippen LogP contribution in [0.25, 0.3) is 0 Å². The van der Waals surface area contributed by atoms with Crippen molar-refractivity contribution in [3.63, 3.8) is 0 Å². The third kappa shape index (κ3) is 3.55. The average Bonchev–Trinajstić information content (AvgIpc) is 2.17. The summed E-state index contributed by atoms with van der Waals surface area (Å²) < 4.78 is 40.9. The summed E-state index contributed by atoms with van der Waals surface area (Å²) in [6.45, 7) is 0.167. The summed E-state index contributed by atoms with van der Waals surface area (Å²) >= 11 is 0. The van der Waals surface area contributed by atoms with Crippen LogP contribution >= 0.6 is 0 Å². The number of rotatable bonds is 5. The molecule has 0 fully saturated rings. The predicted molar refractivity (Wildman–Crippen MR) is 58.3 cm³/mol. The Morgan fingerprint density at radius 1 is 1.38 bits per heavy atom. The average molecular weight is 247 g/mol. The van der Waals surface area contributed by atoms with Crippen molar-refractivity contribution in [3.8, 4) is 0 Å². The Labute approximate surface area is 94.1 Å². The van der Waals surface area contributed by atoms with Crippen LogP contribution in [0.15, 0.2) is 29.2 Å². The molecule has 0 amide bonds. The van der Waals surface area contributed by atoms with Crippen LogP contribution in [0.1, 0.15) is 0 Å². The number of nitrogens with two attached hydrogens (primary N) is 1. The second-order valence-electron chi connectivity index (χ2n) is 3.45. The van der Waals surface area contributed by atoms with Gasteiger partial charge in [0.2, 0.25) is 0 Å². The molecule has 0 saturated carbocycles. The van der Waals surface area contributed by atoms with Crippen LogP contribution < -0.4 is 5.73 Å². The minimum absolute atomic E-state index is 0.0699. The van der Waals surface area contributed by atoms with E-state index in [1.165, 1.54) is 19.2 Å². The molecule has 0 aliphatic rings. The largest absolute Gasteiger partial charge is 0.383 e. The standard InChI is InChI=1S/C10H14FNO3S/c1-15-6-9(12)7-16(13,14)10-4-2-8(11)3-5-10/h2-5,9H,6-7,12H2,1H3. The van der Waals surface area contributed by atoms with Gasteiger partial charge in [0.15, 0.2) is 9.84 Å². The summed E-state index contributed by atoms with van der Waals surface area (Å²) in [5.41, 5.74) is 5.56. The molecule has 1 rings (SSSR count). The Hall–Kier alpha value is -0.980. The zero-order chi connectivity index (χ0) is 12.2. The summed E-state index contributed by atoms with van der Waals surface area (Å²) in [4.78, 5) is 0.0699. The van der Waals surface area contributed by atoms with Crippen molar-refractivity contribution in [2.75, 3.05) is 19.5 Å². The lowest BCUT2D eigenvalue weighted by molar-refractivity contribution is 0.186. The zero-order valence-corrected chi connectivity index (χ0v) is 9.71. The fraction of sp³-hybridized carbons (Fsp3) is 0.400. The maximum absolute atomic E-state index is 12.6. The van der Waals surface area contributed by atoms with E-state index >= 15 is 0 Å². The molecule has 1 aromatic rings. The molecule has 0 bridgehead atoms. The molecule has 0 aliphatic carbocycles. The van der Waals surface area contributed by atoms with E-state index in [0.29, 0.717) is 0 Å². The van der Waals surface area contributed by atoms with E-state index in [4.69, 9.17) is 10.5 Å². The minimum atomic E-state index is -3.47. The molecule has 0 spiro atoms. The molecular weight excluding hydrogens is 233 g/mol. The van der Waals surface area contributed by atoms with Gasteiger partial charge in [0.1, 0.15) is 5.82 Å². The summed E-state index contributed by atoms with van der Waals surface area (Å²) in [5, 5.41) is 0. The highest BCUT2D eigenvalue weighted by atomic mass is 32.2. The molecule has 16 heavy (non-hydrogen) atoms. The fourth-order valence-corrected chi connectivity index (χ4v) is 2.69. The van der Waals surface area contributed by atoms with Crippen molar-refractivity contribution >= 4 is 9.84 Å². The van der Waals surface area contributed by atoms with Gasteiger partial charge >= 0.3 is 0 Å². The number of benzene rings is 1. The van der Waals surface area contributed by atoms with Crippen molar-refractivity contribution < 1.29 is 17.5 Å². The first kappa shape index (κ1) is 13.1. The summed E-state index contributed by atoms with van der Waals surface area (Å²) in [6, 6.07) is 4.08. The summed E-state index contributed by atoms with van der Waals surface area (Å²) in [7, 11) is -2.02. The zero-order valence-electron chi connectivity index (χ0n) is 8.89. The van der Waals surface area contributed by atoms with Crippen molar-refractivity contribution in [1.29, 1.82) is 0 Å². The van der Waals surface area contributed by atoms with Crippen LogP contribution in [0.5, 0.6) is 0 Å². The number of sulfone groups is 1. The Bertz CT molecular complexity index is 430. The van der Waals surface area contributed by atoms with Crippen LogP contribution in [0, 0.1) is 5.82 Å². The minimum Gasteiger partial charge on any atom is -0.383 e. The third-order valence-electron chi connectivity index (χ3n) is 1.99. The van der Waals surface area contributed by atoms with Crippen molar-refractivity contribution in [2.45, 2.75) is 10.9 Å². The quantitative estimate of drug-likeness (QED) is 0.772. The van der Waals surface area contributed by atoms with Gasteiger partial charge in [-0.2, -0.15) is 0 Å². The lowest BCUT2D eigenvalue weighted by atomic mass is 10.3. The summed E-state index contributed by atoms with van der Waals surface area (Å²) in [6.07, 6.45) is 0. The van der Waals surface area contributed by atoms with E-state index in [1.807, 2.05) is 0 Å². The van der Waals surface area contributed by atoms with Gasteiger partial charge in [0, 0.05) is 13.2 Å². The van der Waals surface area contributed by atoms with Gasteiger partial charge in [-0.3, -0.25) is 0 Å². The molecule has 6 heteroatoms.